The average molecular weight is 407 g/mol. The minimum absolute atomic E-state index is 0.00800. The molecule has 1 saturated heterocycles. The Balaban J connectivity index is 1.62. The molecule has 1 aliphatic heterocycles. The van der Waals surface area contributed by atoms with Gasteiger partial charge in [0, 0.05) is 12.7 Å². The molecule has 1 fully saturated rings. The van der Waals surface area contributed by atoms with Gasteiger partial charge >= 0.3 is 6.18 Å². The Kier molecular flexibility index (Phi) is 6.05. The van der Waals surface area contributed by atoms with Crippen LogP contribution in [-0.4, -0.2) is 40.9 Å². The standard InChI is InChI=1S/C20H20F3N3O3/c21-20(22,23)14-7-5-13(6-8-14)11-17(27)26-10-2-3-15(26)12-29-16-4-1-9-25-18(16)19(24)28/h1,4-9,15H,2-3,10-12H2,(H2,24,28)/t15-/m1/s1. The maximum atomic E-state index is 12.7. The number of rotatable bonds is 6. The molecule has 0 spiro atoms. The Morgan fingerprint density at radius 3 is 2.59 bits per heavy atom. The molecular formula is C20H20F3N3O3. The molecule has 2 heterocycles. The van der Waals surface area contributed by atoms with Gasteiger partial charge in [-0.25, -0.2) is 4.98 Å². The van der Waals surface area contributed by atoms with E-state index in [0.29, 0.717) is 12.1 Å². The summed E-state index contributed by atoms with van der Waals surface area (Å²) >= 11 is 0. The number of ether oxygens (including phenoxy) is 1. The second kappa shape index (κ2) is 8.50. The highest BCUT2D eigenvalue weighted by Crippen LogP contribution is 2.29. The summed E-state index contributed by atoms with van der Waals surface area (Å²) in [5, 5.41) is 0. The molecule has 0 unspecified atom stereocenters. The number of nitrogens with two attached hydrogens (primary N) is 1. The summed E-state index contributed by atoms with van der Waals surface area (Å²) in [6, 6.07) is 7.58. The van der Waals surface area contributed by atoms with Crippen LogP contribution in [0.2, 0.25) is 0 Å². The largest absolute Gasteiger partial charge is 0.489 e. The van der Waals surface area contributed by atoms with Crippen LogP contribution in [0.15, 0.2) is 42.6 Å². The Bertz CT molecular complexity index is 885. The Morgan fingerprint density at radius 1 is 1.21 bits per heavy atom. The SMILES string of the molecule is NC(=O)c1ncccc1OC[C@H]1CCCN1C(=O)Cc1ccc(C(F)(F)F)cc1. The first-order valence-electron chi connectivity index (χ1n) is 9.09. The smallest absolute Gasteiger partial charge is 0.416 e. The molecule has 2 aromatic rings. The van der Waals surface area contributed by atoms with E-state index >= 15 is 0 Å². The third-order valence-electron chi connectivity index (χ3n) is 4.77. The molecule has 3 rings (SSSR count). The lowest BCUT2D eigenvalue weighted by atomic mass is 10.1. The number of hydrogen-bond donors (Lipinski definition) is 1. The van der Waals surface area contributed by atoms with Crippen LogP contribution >= 0.6 is 0 Å². The molecule has 0 saturated carbocycles. The number of hydrogen-bond acceptors (Lipinski definition) is 4. The summed E-state index contributed by atoms with van der Waals surface area (Å²) in [5.74, 6) is -0.638. The van der Waals surface area contributed by atoms with E-state index < -0.39 is 17.6 Å². The molecule has 0 aliphatic carbocycles. The first kappa shape index (κ1) is 20.6. The van der Waals surface area contributed by atoms with Gasteiger partial charge in [-0.3, -0.25) is 9.59 Å². The average Bonchev–Trinajstić information content (AvgIpc) is 3.15. The lowest BCUT2D eigenvalue weighted by molar-refractivity contribution is -0.137. The Labute approximate surface area is 165 Å². The van der Waals surface area contributed by atoms with Gasteiger partial charge in [0.25, 0.3) is 5.91 Å². The van der Waals surface area contributed by atoms with Crippen molar-refractivity contribution in [1.29, 1.82) is 0 Å². The quantitative estimate of drug-likeness (QED) is 0.798. The first-order valence-corrected chi connectivity index (χ1v) is 9.09. The molecule has 1 aromatic carbocycles. The molecule has 29 heavy (non-hydrogen) atoms. The second-order valence-electron chi connectivity index (χ2n) is 6.78. The molecular weight excluding hydrogens is 387 g/mol. The van der Waals surface area contributed by atoms with Gasteiger partial charge in [-0.05, 0) is 42.7 Å². The number of benzene rings is 1. The zero-order chi connectivity index (χ0) is 21.0. The minimum atomic E-state index is -4.41. The van der Waals surface area contributed by atoms with E-state index in [9.17, 15) is 22.8 Å². The van der Waals surface area contributed by atoms with Crippen LogP contribution in [0.3, 0.4) is 0 Å². The molecule has 9 heteroatoms. The van der Waals surface area contributed by atoms with Crippen molar-refractivity contribution in [2.24, 2.45) is 5.73 Å². The normalized spacial score (nSPS) is 16.7. The number of carbonyl (C=O) groups excluding carboxylic acids is 2. The fourth-order valence-corrected chi connectivity index (χ4v) is 3.30. The van der Waals surface area contributed by atoms with Gasteiger partial charge in [0.1, 0.15) is 6.61 Å². The Hall–Kier alpha value is -3.10. The van der Waals surface area contributed by atoms with Crippen LogP contribution in [0, 0.1) is 0 Å². The van der Waals surface area contributed by atoms with Crippen molar-refractivity contribution >= 4 is 11.8 Å². The summed E-state index contributed by atoms with van der Waals surface area (Å²) in [4.78, 5) is 29.6. The molecule has 0 bridgehead atoms. The third kappa shape index (κ3) is 5.04. The number of likely N-dealkylation sites (tertiary alicyclic amines) is 1. The van der Waals surface area contributed by atoms with E-state index in [2.05, 4.69) is 4.98 Å². The van der Waals surface area contributed by atoms with Crippen molar-refractivity contribution < 1.29 is 27.5 Å². The zero-order valence-electron chi connectivity index (χ0n) is 15.5. The summed E-state index contributed by atoms with van der Waals surface area (Å²) in [6.45, 7) is 0.716. The van der Waals surface area contributed by atoms with Crippen molar-refractivity contribution in [2.75, 3.05) is 13.2 Å². The number of amides is 2. The van der Waals surface area contributed by atoms with Crippen LogP contribution < -0.4 is 10.5 Å². The number of carbonyl (C=O) groups is 2. The van der Waals surface area contributed by atoms with E-state index in [1.165, 1.54) is 18.3 Å². The zero-order valence-corrected chi connectivity index (χ0v) is 15.5. The number of primary amides is 1. The van der Waals surface area contributed by atoms with Crippen molar-refractivity contribution in [1.82, 2.24) is 9.88 Å². The number of nitrogens with zero attached hydrogens (tertiary/aromatic N) is 2. The summed E-state index contributed by atoms with van der Waals surface area (Å²) < 4.78 is 43.7. The molecule has 6 nitrogen and oxygen atoms in total. The molecule has 2 amide bonds. The molecule has 1 atom stereocenters. The third-order valence-corrected chi connectivity index (χ3v) is 4.77. The Morgan fingerprint density at radius 2 is 1.93 bits per heavy atom. The number of halogens is 3. The molecule has 154 valence electrons. The van der Waals surface area contributed by atoms with Crippen molar-refractivity contribution in [2.45, 2.75) is 31.5 Å². The molecule has 0 radical (unpaired) electrons. The maximum absolute atomic E-state index is 12.7. The van der Waals surface area contributed by atoms with E-state index in [1.54, 1.807) is 17.0 Å². The summed E-state index contributed by atoms with van der Waals surface area (Å²) in [7, 11) is 0. The first-order chi connectivity index (χ1) is 13.8. The van der Waals surface area contributed by atoms with Crippen LogP contribution in [0.4, 0.5) is 13.2 Å². The highest BCUT2D eigenvalue weighted by atomic mass is 19.4. The number of aromatic nitrogens is 1. The predicted octanol–water partition coefficient (Wildman–Crippen LogP) is 2.81. The van der Waals surface area contributed by atoms with Crippen molar-refractivity contribution in [3.05, 3.63) is 59.4 Å². The highest BCUT2D eigenvalue weighted by molar-refractivity contribution is 5.93. The van der Waals surface area contributed by atoms with Gasteiger partial charge < -0.3 is 15.4 Å². The summed E-state index contributed by atoms with van der Waals surface area (Å²) in [6.07, 6.45) is -1.44. The molecule has 2 N–H and O–H groups in total. The van der Waals surface area contributed by atoms with Gasteiger partial charge in [-0.1, -0.05) is 12.1 Å². The van der Waals surface area contributed by atoms with E-state index in [0.717, 1.165) is 25.0 Å². The van der Waals surface area contributed by atoms with Crippen molar-refractivity contribution in [3.8, 4) is 5.75 Å². The lowest BCUT2D eigenvalue weighted by Crippen LogP contribution is -2.40. The van der Waals surface area contributed by atoms with Gasteiger partial charge in [-0.15, -0.1) is 0 Å². The summed E-state index contributed by atoms with van der Waals surface area (Å²) in [5.41, 5.74) is 5.07. The monoisotopic (exact) mass is 407 g/mol. The fourth-order valence-electron chi connectivity index (χ4n) is 3.30. The lowest BCUT2D eigenvalue weighted by Gasteiger charge is -2.25. The number of pyridine rings is 1. The number of alkyl halides is 3. The van der Waals surface area contributed by atoms with Crippen LogP contribution in [-0.2, 0) is 17.4 Å². The minimum Gasteiger partial charge on any atom is -0.489 e. The van der Waals surface area contributed by atoms with Gasteiger partial charge in [-0.2, -0.15) is 13.2 Å². The second-order valence-corrected chi connectivity index (χ2v) is 6.78. The van der Waals surface area contributed by atoms with E-state index in [4.69, 9.17) is 10.5 Å². The van der Waals surface area contributed by atoms with E-state index in [1.807, 2.05) is 0 Å². The molecule has 1 aromatic heterocycles. The van der Waals surface area contributed by atoms with Gasteiger partial charge in [0.05, 0.1) is 18.0 Å². The van der Waals surface area contributed by atoms with Crippen molar-refractivity contribution in [3.63, 3.8) is 0 Å². The van der Waals surface area contributed by atoms with Crippen LogP contribution in [0.5, 0.6) is 5.75 Å². The molecule has 1 aliphatic rings. The van der Waals surface area contributed by atoms with Gasteiger partial charge in [0.15, 0.2) is 11.4 Å². The van der Waals surface area contributed by atoms with Crippen LogP contribution in [0.1, 0.15) is 34.5 Å². The maximum Gasteiger partial charge on any atom is 0.416 e. The van der Waals surface area contributed by atoms with E-state index in [-0.39, 0.29) is 36.4 Å². The van der Waals surface area contributed by atoms with Gasteiger partial charge in [0.2, 0.25) is 5.91 Å². The predicted molar refractivity (Wildman–Crippen MR) is 98.1 cm³/mol. The van der Waals surface area contributed by atoms with Crippen LogP contribution in [0.25, 0.3) is 0 Å². The topological polar surface area (TPSA) is 85.5 Å². The highest BCUT2D eigenvalue weighted by Gasteiger charge is 2.31. The fraction of sp³-hybridized carbons (Fsp3) is 0.350.